The first kappa shape index (κ1) is 19.7. The third-order valence-corrected chi connectivity index (χ3v) is 5.24. The van der Waals surface area contributed by atoms with Gasteiger partial charge in [-0.1, -0.05) is 18.2 Å². The van der Waals surface area contributed by atoms with E-state index in [2.05, 4.69) is 5.32 Å². The first-order valence-electron chi connectivity index (χ1n) is 9.00. The summed E-state index contributed by atoms with van der Waals surface area (Å²) in [7, 11) is 1.98. The van der Waals surface area contributed by atoms with Crippen molar-refractivity contribution in [1.29, 1.82) is 0 Å². The molecular weight excluding hydrogens is 338 g/mol. The average molecular weight is 366 g/mol. The van der Waals surface area contributed by atoms with Gasteiger partial charge in [0.05, 0.1) is 0 Å². The average Bonchev–Trinajstić information content (AvgIpc) is 3.12. The minimum Gasteiger partial charge on any atom is -0.341 e. The molecule has 1 aromatic rings. The number of hydrogen-bond donors (Lipinski definition) is 1. The number of likely N-dealkylation sites (tertiary alicyclic amines) is 2. The molecule has 2 aliphatic heterocycles. The Morgan fingerprint density at radius 2 is 1.76 bits per heavy atom. The van der Waals surface area contributed by atoms with Gasteiger partial charge in [0, 0.05) is 25.2 Å². The van der Waals surface area contributed by atoms with Crippen molar-refractivity contribution in [2.75, 3.05) is 33.2 Å². The molecule has 0 aromatic heterocycles. The monoisotopic (exact) mass is 365 g/mol. The van der Waals surface area contributed by atoms with Gasteiger partial charge in [0.25, 0.3) is 5.91 Å². The second-order valence-corrected chi connectivity index (χ2v) is 6.85. The summed E-state index contributed by atoms with van der Waals surface area (Å²) in [5.41, 5.74) is 0.671. The maximum Gasteiger partial charge on any atom is 0.254 e. The van der Waals surface area contributed by atoms with Gasteiger partial charge in [-0.05, 0) is 57.3 Å². The van der Waals surface area contributed by atoms with Gasteiger partial charge in [-0.15, -0.1) is 12.4 Å². The van der Waals surface area contributed by atoms with E-state index in [1.54, 1.807) is 4.90 Å². The molecule has 1 atom stereocenters. The van der Waals surface area contributed by atoms with E-state index in [1.165, 1.54) is 0 Å². The zero-order valence-electron chi connectivity index (χ0n) is 14.8. The van der Waals surface area contributed by atoms with Crippen molar-refractivity contribution in [3.8, 4) is 0 Å². The molecule has 1 aromatic carbocycles. The van der Waals surface area contributed by atoms with Crippen LogP contribution < -0.4 is 5.32 Å². The van der Waals surface area contributed by atoms with Crippen LogP contribution in [0, 0.1) is 5.92 Å². The van der Waals surface area contributed by atoms with Gasteiger partial charge in [0.1, 0.15) is 6.04 Å². The Hall–Kier alpha value is -1.59. The van der Waals surface area contributed by atoms with E-state index < -0.39 is 0 Å². The Bertz CT molecular complexity index is 573. The molecule has 2 heterocycles. The summed E-state index contributed by atoms with van der Waals surface area (Å²) in [5.74, 6) is 0.779. The lowest BCUT2D eigenvalue weighted by Crippen LogP contribution is -2.50. The molecule has 2 fully saturated rings. The third kappa shape index (κ3) is 4.53. The van der Waals surface area contributed by atoms with E-state index in [-0.39, 0.29) is 30.3 Å². The number of piperidine rings is 1. The van der Waals surface area contributed by atoms with Crippen LogP contribution in [-0.2, 0) is 4.79 Å². The maximum absolute atomic E-state index is 12.9. The lowest BCUT2D eigenvalue weighted by Gasteiger charge is -2.35. The number of benzene rings is 1. The molecule has 3 rings (SSSR count). The summed E-state index contributed by atoms with van der Waals surface area (Å²) in [4.78, 5) is 29.4. The van der Waals surface area contributed by atoms with Crippen molar-refractivity contribution in [3.63, 3.8) is 0 Å². The number of rotatable bonds is 4. The molecule has 0 saturated carbocycles. The minimum atomic E-state index is -0.279. The molecule has 0 bridgehead atoms. The molecule has 1 N–H and O–H groups in total. The van der Waals surface area contributed by atoms with E-state index in [1.807, 2.05) is 42.3 Å². The number of nitrogens with one attached hydrogen (secondary N) is 1. The SMILES string of the molecule is CNCC1CCN(C(=O)C2CCCN2C(=O)c2ccccc2)CC1.Cl. The number of hydrogen-bond acceptors (Lipinski definition) is 3. The predicted octanol–water partition coefficient (Wildman–Crippen LogP) is 2.17. The summed E-state index contributed by atoms with van der Waals surface area (Å²) in [6, 6.07) is 9.01. The number of nitrogens with zero attached hydrogens (tertiary/aromatic N) is 2. The van der Waals surface area contributed by atoms with Gasteiger partial charge in [0.15, 0.2) is 0 Å². The van der Waals surface area contributed by atoms with E-state index in [0.29, 0.717) is 18.0 Å². The van der Waals surface area contributed by atoms with Crippen molar-refractivity contribution < 1.29 is 9.59 Å². The maximum atomic E-state index is 12.9. The molecule has 0 radical (unpaired) electrons. The van der Waals surface area contributed by atoms with Gasteiger partial charge in [-0.2, -0.15) is 0 Å². The Kier molecular flexibility index (Phi) is 7.26. The summed E-state index contributed by atoms with van der Waals surface area (Å²) in [5, 5.41) is 3.22. The molecule has 0 aliphatic carbocycles. The van der Waals surface area contributed by atoms with Crippen LogP contribution in [0.5, 0.6) is 0 Å². The Morgan fingerprint density at radius 3 is 2.40 bits per heavy atom. The highest BCUT2D eigenvalue weighted by molar-refractivity contribution is 5.97. The van der Waals surface area contributed by atoms with Crippen LogP contribution in [0.2, 0.25) is 0 Å². The van der Waals surface area contributed by atoms with Crippen LogP contribution in [0.25, 0.3) is 0 Å². The predicted molar refractivity (Wildman–Crippen MR) is 101 cm³/mol. The van der Waals surface area contributed by atoms with Crippen molar-refractivity contribution >= 4 is 24.2 Å². The zero-order chi connectivity index (χ0) is 16.9. The largest absolute Gasteiger partial charge is 0.341 e. The standard InChI is InChI=1S/C19H27N3O2.ClH/c1-20-14-15-9-12-21(13-10-15)19(24)17-8-5-11-22(17)18(23)16-6-3-2-4-7-16;/h2-4,6-7,15,17,20H,5,8-14H2,1H3;1H. The quantitative estimate of drug-likeness (QED) is 0.889. The van der Waals surface area contributed by atoms with Crippen molar-refractivity contribution in [2.45, 2.75) is 31.7 Å². The fourth-order valence-electron chi connectivity index (χ4n) is 3.87. The topological polar surface area (TPSA) is 52.7 Å². The molecule has 1 unspecified atom stereocenters. The lowest BCUT2D eigenvalue weighted by molar-refractivity contribution is -0.136. The smallest absolute Gasteiger partial charge is 0.254 e. The van der Waals surface area contributed by atoms with Crippen LogP contribution in [-0.4, -0.2) is 60.9 Å². The van der Waals surface area contributed by atoms with Crippen LogP contribution >= 0.6 is 12.4 Å². The van der Waals surface area contributed by atoms with Gasteiger partial charge in [-0.3, -0.25) is 9.59 Å². The molecule has 138 valence electrons. The van der Waals surface area contributed by atoms with E-state index >= 15 is 0 Å². The van der Waals surface area contributed by atoms with Crippen LogP contribution in [0.3, 0.4) is 0 Å². The number of carbonyl (C=O) groups excluding carboxylic acids is 2. The highest BCUT2D eigenvalue weighted by Gasteiger charge is 2.37. The molecule has 2 amide bonds. The van der Waals surface area contributed by atoms with Crippen molar-refractivity contribution in [1.82, 2.24) is 15.1 Å². The molecule has 0 spiro atoms. The summed E-state index contributed by atoms with van der Waals surface area (Å²) < 4.78 is 0. The molecule has 2 aliphatic rings. The molecule has 2 saturated heterocycles. The Morgan fingerprint density at radius 1 is 1.08 bits per heavy atom. The molecule has 25 heavy (non-hydrogen) atoms. The van der Waals surface area contributed by atoms with Crippen LogP contribution in [0.4, 0.5) is 0 Å². The Balaban J connectivity index is 0.00000225. The number of halogens is 1. The van der Waals surface area contributed by atoms with Gasteiger partial charge >= 0.3 is 0 Å². The first-order valence-corrected chi connectivity index (χ1v) is 9.00. The minimum absolute atomic E-state index is 0. The van der Waals surface area contributed by atoms with Gasteiger partial charge < -0.3 is 15.1 Å². The van der Waals surface area contributed by atoms with Crippen LogP contribution in [0.1, 0.15) is 36.0 Å². The zero-order valence-corrected chi connectivity index (χ0v) is 15.6. The highest BCUT2D eigenvalue weighted by atomic mass is 35.5. The van der Waals surface area contributed by atoms with Crippen molar-refractivity contribution in [2.24, 2.45) is 5.92 Å². The van der Waals surface area contributed by atoms with E-state index in [9.17, 15) is 9.59 Å². The molecular formula is C19H28ClN3O2. The van der Waals surface area contributed by atoms with E-state index in [4.69, 9.17) is 0 Å². The third-order valence-electron chi connectivity index (χ3n) is 5.24. The second kappa shape index (κ2) is 9.20. The summed E-state index contributed by atoms with van der Waals surface area (Å²) >= 11 is 0. The number of carbonyl (C=O) groups is 2. The first-order chi connectivity index (χ1) is 11.7. The fraction of sp³-hybridized carbons (Fsp3) is 0.579. The van der Waals surface area contributed by atoms with E-state index in [0.717, 1.165) is 45.3 Å². The summed E-state index contributed by atoms with van der Waals surface area (Å²) in [6.45, 7) is 3.33. The summed E-state index contributed by atoms with van der Waals surface area (Å²) in [6.07, 6.45) is 3.79. The van der Waals surface area contributed by atoms with Crippen LogP contribution in [0.15, 0.2) is 30.3 Å². The highest BCUT2D eigenvalue weighted by Crippen LogP contribution is 2.24. The lowest BCUT2D eigenvalue weighted by atomic mass is 9.96. The van der Waals surface area contributed by atoms with Crippen molar-refractivity contribution in [3.05, 3.63) is 35.9 Å². The van der Waals surface area contributed by atoms with Gasteiger partial charge in [0.2, 0.25) is 5.91 Å². The fourth-order valence-corrected chi connectivity index (χ4v) is 3.87. The van der Waals surface area contributed by atoms with Gasteiger partial charge in [-0.25, -0.2) is 0 Å². The second-order valence-electron chi connectivity index (χ2n) is 6.85. The number of amides is 2. The molecule has 5 nitrogen and oxygen atoms in total. The Labute approximate surface area is 156 Å². The normalized spacial score (nSPS) is 21.1. The molecule has 6 heteroatoms.